The molecule has 0 radical (unpaired) electrons. The summed E-state index contributed by atoms with van der Waals surface area (Å²) in [4.78, 5) is 14.7. The number of hydrogen-bond donors (Lipinski definition) is 2. The van der Waals surface area contributed by atoms with Crippen LogP contribution in [0.1, 0.15) is 10.5 Å². The van der Waals surface area contributed by atoms with Gasteiger partial charge in [-0.25, -0.2) is 0 Å². The predicted molar refractivity (Wildman–Crippen MR) is 66.2 cm³/mol. The highest BCUT2D eigenvalue weighted by Crippen LogP contribution is 2.21. The van der Waals surface area contributed by atoms with Crippen LogP contribution in [-0.4, -0.2) is 19.6 Å². The van der Waals surface area contributed by atoms with E-state index in [1.54, 1.807) is 18.3 Å². The van der Waals surface area contributed by atoms with E-state index in [-0.39, 0.29) is 5.91 Å². The number of aromatic amines is 1. The molecule has 5 nitrogen and oxygen atoms in total. The highest BCUT2D eigenvalue weighted by atomic mass is 32.1. The van der Waals surface area contributed by atoms with Crippen LogP contribution in [0.3, 0.4) is 0 Å². The maximum Gasteiger partial charge on any atom is 0.272 e. The van der Waals surface area contributed by atoms with Gasteiger partial charge in [0, 0.05) is 6.20 Å². The maximum absolute atomic E-state index is 11.9. The summed E-state index contributed by atoms with van der Waals surface area (Å²) in [6.45, 7) is 0. The minimum absolute atomic E-state index is 0.185. The Morgan fingerprint density at radius 2 is 2.18 bits per heavy atom. The summed E-state index contributed by atoms with van der Waals surface area (Å²) in [7, 11) is 0. The van der Waals surface area contributed by atoms with Crippen molar-refractivity contribution >= 4 is 34.4 Å². The lowest BCUT2D eigenvalue weighted by Gasteiger charge is -2.03. The number of amides is 1. The average molecular weight is 244 g/mol. The minimum atomic E-state index is -0.185. The number of benzene rings is 1. The smallest absolute Gasteiger partial charge is 0.272 e. The molecule has 2 heterocycles. The van der Waals surface area contributed by atoms with Crippen molar-refractivity contribution in [1.82, 2.24) is 13.7 Å². The van der Waals surface area contributed by atoms with E-state index in [0.717, 1.165) is 22.8 Å². The van der Waals surface area contributed by atoms with Crippen LogP contribution < -0.4 is 5.32 Å². The molecular weight excluding hydrogens is 236 g/mol. The van der Waals surface area contributed by atoms with Gasteiger partial charge in [0.1, 0.15) is 16.7 Å². The Bertz CT molecular complexity index is 659. The van der Waals surface area contributed by atoms with Crippen molar-refractivity contribution in [2.45, 2.75) is 0 Å². The Kier molecular flexibility index (Phi) is 2.34. The lowest BCUT2D eigenvalue weighted by Crippen LogP contribution is -2.12. The first-order valence-corrected chi connectivity index (χ1v) is 5.73. The molecule has 0 bridgehead atoms. The third-order valence-corrected chi connectivity index (χ3v) is 2.92. The van der Waals surface area contributed by atoms with Gasteiger partial charge in [0.25, 0.3) is 5.91 Å². The van der Waals surface area contributed by atoms with Gasteiger partial charge in [-0.05, 0) is 24.3 Å². The van der Waals surface area contributed by atoms with Gasteiger partial charge in [-0.15, -0.1) is 0 Å². The van der Waals surface area contributed by atoms with Gasteiger partial charge < -0.3 is 10.3 Å². The zero-order valence-corrected chi connectivity index (χ0v) is 9.49. The molecule has 6 heteroatoms. The van der Waals surface area contributed by atoms with Gasteiger partial charge in [0.15, 0.2) is 0 Å². The lowest BCUT2D eigenvalue weighted by atomic mass is 10.2. The molecular formula is C11H8N4OS. The molecule has 0 saturated heterocycles. The molecule has 0 aliphatic rings. The molecule has 0 spiro atoms. The predicted octanol–water partition coefficient (Wildman–Crippen LogP) is 2.27. The van der Waals surface area contributed by atoms with E-state index >= 15 is 0 Å². The molecule has 84 valence electrons. The molecule has 17 heavy (non-hydrogen) atoms. The van der Waals surface area contributed by atoms with E-state index in [0.29, 0.717) is 11.4 Å². The molecule has 3 aromatic rings. The highest BCUT2D eigenvalue weighted by molar-refractivity contribution is 7.00. The minimum Gasteiger partial charge on any atom is -0.357 e. The molecule has 2 aromatic heterocycles. The Balaban J connectivity index is 1.95. The first kappa shape index (κ1) is 9.98. The van der Waals surface area contributed by atoms with Gasteiger partial charge >= 0.3 is 0 Å². The summed E-state index contributed by atoms with van der Waals surface area (Å²) in [5.74, 6) is -0.185. The molecule has 1 amide bonds. The summed E-state index contributed by atoms with van der Waals surface area (Å²) in [5.41, 5.74) is 2.71. The standard InChI is InChI=1S/C11H8N4OS/c16-11(9-5-2-6-12-9)13-7-3-1-4-8-10(7)15-17-14-8/h1-6,12H,(H,13,16). The number of H-pyrrole nitrogens is 1. The largest absolute Gasteiger partial charge is 0.357 e. The molecule has 0 aliphatic carbocycles. The number of hydrogen-bond acceptors (Lipinski definition) is 4. The SMILES string of the molecule is O=C(Nc1cccc2nsnc12)c1ccc[nH]1. The second-order valence-electron chi connectivity index (χ2n) is 3.48. The van der Waals surface area contributed by atoms with E-state index in [4.69, 9.17) is 0 Å². The number of anilines is 1. The monoisotopic (exact) mass is 244 g/mol. The molecule has 0 fully saturated rings. The van der Waals surface area contributed by atoms with Crippen molar-refractivity contribution in [3.05, 3.63) is 42.2 Å². The fraction of sp³-hybridized carbons (Fsp3) is 0. The Morgan fingerprint density at radius 1 is 1.24 bits per heavy atom. The van der Waals surface area contributed by atoms with Crippen molar-refractivity contribution in [2.24, 2.45) is 0 Å². The van der Waals surface area contributed by atoms with Crippen LogP contribution in [-0.2, 0) is 0 Å². The van der Waals surface area contributed by atoms with E-state index in [1.165, 1.54) is 0 Å². The van der Waals surface area contributed by atoms with Crippen LogP contribution in [0.2, 0.25) is 0 Å². The van der Waals surface area contributed by atoms with Crippen LogP contribution in [0.4, 0.5) is 5.69 Å². The fourth-order valence-electron chi connectivity index (χ4n) is 1.57. The third-order valence-electron chi connectivity index (χ3n) is 2.38. The van der Waals surface area contributed by atoms with Crippen molar-refractivity contribution in [2.75, 3.05) is 5.32 Å². The number of nitrogens with zero attached hydrogens (tertiary/aromatic N) is 2. The maximum atomic E-state index is 11.9. The second kappa shape index (κ2) is 3.99. The normalized spacial score (nSPS) is 10.6. The summed E-state index contributed by atoms with van der Waals surface area (Å²) < 4.78 is 8.28. The molecule has 1 aromatic carbocycles. The van der Waals surface area contributed by atoms with Crippen LogP contribution >= 0.6 is 11.7 Å². The molecule has 2 N–H and O–H groups in total. The fourth-order valence-corrected chi connectivity index (χ4v) is 2.12. The zero-order chi connectivity index (χ0) is 11.7. The van der Waals surface area contributed by atoms with E-state index in [2.05, 4.69) is 19.0 Å². The van der Waals surface area contributed by atoms with Gasteiger partial charge in [0.2, 0.25) is 0 Å². The number of fused-ring (bicyclic) bond motifs is 1. The van der Waals surface area contributed by atoms with Gasteiger partial charge in [-0.3, -0.25) is 4.79 Å². The van der Waals surface area contributed by atoms with Crippen molar-refractivity contribution in [1.29, 1.82) is 0 Å². The quantitative estimate of drug-likeness (QED) is 0.726. The van der Waals surface area contributed by atoms with Crippen LogP contribution in [0.25, 0.3) is 11.0 Å². The van der Waals surface area contributed by atoms with Crippen molar-refractivity contribution in [3.8, 4) is 0 Å². The summed E-state index contributed by atoms with van der Waals surface area (Å²) in [5, 5.41) is 2.81. The van der Waals surface area contributed by atoms with Gasteiger partial charge in [0.05, 0.1) is 17.4 Å². The Labute approximate surface area is 101 Å². The summed E-state index contributed by atoms with van der Waals surface area (Å²) in [6.07, 6.45) is 1.71. The molecule has 0 atom stereocenters. The summed E-state index contributed by atoms with van der Waals surface area (Å²) in [6, 6.07) is 9.01. The van der Waals surface area contributed by atoms with Gasteiger partial charge in [-0.2, -0.15) is 8.75 Å². The van der Waals surface area contributed by atoms with Crippen LogP contribution in [0.5, 0.6) is 0 Å². The first-order chi connectivity index (χ1) is 8.34. The topological polar surface area (TPSA) is 70.7 Å². The van der Waals surface area contributed by atoms with Crippen LogP contribution in [0.15, 0.2) is 36.5 Å². The molecule has 0 unspecified atom stereocenters. The second-order valence-corrected chi connectivity index (χ2v) is 4.00. The zero-order valence-electron chi connectivity index (χ0n) is 8.68. The lowest BCUT2D eigenvalue weighted by molar-refractivity contribution is 0.102. The molecule has 3 rings (SSSR count). The number of nitrogens with one attached hydrogen (secondary N) is 2. The Morgan fingerprint density at radius 3 is 3.00 bits per heavy atom. The van der Waals surface area contributed by atoms with Gasteiger partial charge in [-0.1, -0.05) is 6.07 Å². The number of rotatable bonds is 2. The van der Waals surface area contributed by atoms with E-state index < -0.39 is 0 Å². The van der Waals surface area contributed by atoms with Crippen molar-refractivity contribution in [3.63, 3.8) is 0 Å². The van der Waals surface area contributed by atoms with E-state index in [9.17, 15) is 4.79 Å². The molecule has 0 saturated carbocycles. The Hall–Kier alpha value is -2.21. The van der Waals surface area contributed by atoms with Crippen molar-refractivity contribution < 1.29 is 4.79 Å². The first-order valence-electron chi connectivity index (χ1n) is 5.00. The van der Waals surface area contributed by atoms with E-state index in [1.807, 2.05) is 18.2 Å². The average Bonchev–Trinajstić information content (AvgIpc) is 3.00. The number of aromatic nitrogens is 3. The number of carbonyl (C=O) groups excluding carboxylic acids is 1. The van der Waals surface area contributed by atoms with Crippen LogP contribution in [0, 0.1) is 0 Å². The summed E-state index contributed by atoms with van der Waals surface area (Å²) >= 11 is 1.13. The number of carbonyl (C=O) groups is 1. The third kappa shape index (κ3) is 1.78. The highest BCUT2D eigenvalue weighted by Gasteiger charge is 2.10. The molecule has 0 aliphatic heterocycles.